The second-order valence-corrected chi connectivity index (χ2v) is 8.64. The van der Waals surface area contributed by atoms with E-state index in [0.29, 0.717) is 16.9 Å². The van der Waals surface area contributed by atoms with Crippen LogP contribution >= 0.6 is 0 Å². The average molecular weight is 424 g/mol. The largest absolute Gasteiger partial charge is 0.348 e. The van der Waals surface area contributed by atoms with Crippen molar-refractivity contribution in [1.29, 1.82) is 0 Å². The summed E-state index contributed by atoms with van der Waals surface area (Å²) in [6.45, 7) is 1.77. The number of hydrogen-bond donors (Lipinski definition) is 1. The summed E-state index contributed by atoms with van der Waals surface area (Å²) in [4.78, 5) is 20.6. The highest BCUT2D eigenvalue weighted by Crippen LogP contribution is 2.24. The van der Waals surface area contributed by atoms with Crippen LogP contribution in [0.3, 0.4) is 0 Å². The number of benzene rings is 2. The van der Waals surface area contributed by atoms with Gasteiger partial charge in [-0.15, -0.1) is 0 Å². The monoisotopic (exact) mass is 424 g/mol. The van der Waals surface area contributed by atoms with Crippen LogP contribution in [-0.4, -0.2) is 28.7 Å². The molecule has 0 spiro atoms. The molecule has 4 rings (SSSR count). The number of fused-ring (bicyclic) bond motifs is 1. The maximum Gasteiger partial charge on any atom is 0.254 e. The first-order valence-corrected chi connectivity index (χ1v) is 10.5. The summed E-state index contributed by atoms with van der Waals surface area (Å²) < 4.78 is 40.5. The molecule has 30 heavy (non-hydrogen) atoms. The molecule has 0 bridgehead atoms. The number of imidazole rings is 1. The zero-order chi connectivity index (χ0) is 21.3. The third-order valence-electron chi connectivity index (χ3n) is 4.62. The minimum absolute atomic E-state index is 0.0624. The zero-order valence-electron chi connectivity index (χ0n) is 15.9. The van der Waals surface area contributed by atoms with Gasteiger partial charge in [-0.25, -0.2) is 22.8 Å². The van der Waals surface area contributed by atoms with Crippen LogP contribution in [0.1, 0.15) is 21.5 Å². The van der Waals surface area contributed by atoms with E-state index in [9.17, 15) is 17.6 Å². The molecule has 0 aliphatic carbocycles. The Kier molecular flexibility index (Phi) is 5.04. The fourth-order valence-corrected chi connectivity index (χ4v) is 4.52. The molecule has 2 heterocycles. The second kappa shape index (κ2) is 7.68. The lowest BCUT2D eigenvalue weighted by Crippen LogP contribution is -2.23. The molecular weight excluding hydrogens is 407 g/mol. The van der Waals surface area contributed by atoms with Gasteiger partial charge in [-0.05, 0) is 48.4 Å². The van der Waals surface area contributed by atoms with E-state index in [1.54, 1.807) is 42.0 Å². The summed E-state index contributed by atoms with van der Waals surface area (Å²) in [6, 6.07) is 9.77. The number of carbonyl (C=O) groups is 1. The molecule has 0 radical (unpaired) electrons. The van der Waals surface area contributed by atoms with Crippen molar-refractivity contribution >= 4 is 21.5 Å². The Labute approximate surface area is 172 Å². The van der Waals surface area contributed by atoms with E-state index < -0.39 is 15.7 Å². The number of sulfone groups is 1. The van der Waals surface area contributed by atoms with Gasteiger partial charge in [-0.3, -0.25) is 9.20 Å². The number of aryl methyl sites for hydroxylation is 1. The van der Waals surface area contributed by atoms with Gasteiger partial charge in [0.1, 0.15) is 5.82 Å². The minimum atomic E-state index is -3.76. The molecule has 0 saturated heterocycles. The average Bonchev–Trinajstić information content (AvgIpc) is 3.20. The Morgan fingerprint density at radius 2 is 1.90 bits per heavy atom. The van der Waals surface area contributed by atoms with Gasteiger partial charge in [0.05, 0.1) is 15.4 Å². The molecule has 0 aliphatic heterocycles. The highest BCUT2D eigenvalue weighted by atomic mass is 32.2. The summed E-state index contributed by atoms with van der Waals surface area (Å²) in [5.41, 5.74) is 1.45. The molecule has 4 aromatic rings. The van der Waals surface area contributed by atoms with E-state index in [1.807, 2.05) is 0 Å². The Hall–Kier alpha value is -3.59. The van der Waals surface area contributed by atoms with E-state index >= 15 is 0 Å². The van der Waals surface area contributed by atoms with Gasteiger partial charge in [0.2, 0.25) is 15.6 Å². The van der Waals surface area contributed by atoms with E-state index in [0.717, 1.165) is 11.6 Å². The molecule has 0 saturated carbocycles. The van der Waals surface area contributed by atoms with Gasteiger partial charge in [0, 0.05) is 31.3 Å². The number of nitrogens with one attached hydrogen (secondary N) is 1. The number of amides is 1. The minimum Gasteiger partial charge on any atom is -0.348 e. The SMILES string of the molecule is Cc1cc(F)ccc1S(=O)(=O)c1ccc(CNC(=O)c2cnc3nccn3c2)cc1. The smallest absolute Gasteiger partial charge is 0.254 e. The van der Waals surface area contributed by atoms with Crippen LogP contribution < -0.4 is 5.32 Å². The fraction of sp³-hybridized carbons (Fsp3) is 0.0952. The molecule has 0 fully saturated rings. The fourth-order valence-electron chi connectivity index (χ4n) is 3.05. The molecule has 0 unspecified atom stereocenters. The first-order chi connectivity index (χ1) is 14.3. The summed E-state index contributed by atoms with van der Waals surface area (Å²) in [7, 11) is -3.76. The second-order valence-electron chi connectivity index (χ2n) is 6.72. The number of halogens is 1. The van der Waals surface area contributed by atoms with Crippen LogP contribution in [0.2, 0.25) is 0 Å². The maximum atomic E-state index is 13.3. The molecule has 1 N–H and O–H groups in total. The predicted octanol–water partition coefficient (Wildman–Crippen LogP) is 2.94. The van der Waals surface area contributed by atoms with Crippen LogP contribution in [0.15, 0.2) is 77.0 Å². The number of rotatable bonds is 5. The molecule has 1 amide bonds. The Morgan fingerprint density at radius 3 is 2.63 bits per heavy atom. The standard InChI is InChI=1S/C21H17FN4O3S/c1-14-10-17(22)4-7-19(14)30(28,29)18-5-2-15(3-6-18)11-24-20(27)16-12-25-21-23-8-9-26(21)13-16/h2-10,12-13H,11H2,1H3,(H,24,27). The molecule has 2 aromatic carbocycles. The third kappa shape index (κ3) is 3.79. The van der Waals surface area contributed by atoms with E-state index in [-0.39, 0.29) is 22.2 Å². The lowest BCUT2D eigenvalue weighted by atomic mass is 10.2. The van der Waals surface area contributed by atoms with E-state index in [4.69, 9.17) is 0 Å². The van der Waals surface area contributed by atoms with Crippen LogP contribution in [-0.2, 0) is 16.4 Å². The van der Waals surface area contributed by atoms with E-state index in [2.05, 4.69) is 15.3 Å². The number of aromatic nitrogens is 3. The van der Waals surface area contributed by atoms with Gasteiger partial charge >= 0.3 is 0 Å². The summed E-state index contributed by atoms with van der Waals surface area (Å²) in [5.74, 6) is -0.295. The normalized spacial score (nSPS) is 11.5. The Balaban J connectivity index is 1.47. The van der Waals surface area contributed by atoms with Crippen molar-refractivity contribution in [2.75, 3.05) is 0 Å². The highest BCUT2D eigenvalue weighted by Gasteiger charge is 2.20. The van der Waals surface area contributed by atoms with E-state index in [1.165, 1.54) is 30.5 Å². The van der Waals surface area contributed by atoms with Crippen LogP contribution in [0, 0.1) is 12.7 Å². The Morgan fingerprint density at radius 1 is 1.13 bits per heavy atom. The van der Waals surface area contributed by atoms with Gasteiger partial charge in [0.25, 0.3) is 5.91 Å². The highest BCUT2D eigenvalue weighted by molar-refractivity contribution is 7.91. The maximum absolute atomic E-state index is 13.3. The molecule has 152 valence electrons. The molecule has 0 aliphatic rings. The van der Waals surface area contributed by atoms with Crippen molar-refractivity contribution in [3.8, 4) is 0 Å². The van der Waals surface area contributed by atoms with Crippen molar-refractivity contribution in [1.82, 2.24) is 19.7 Å². The topological polar surface area (TPSA) is 93.4 Å². The lowest BCUT2D eigenvalue weighted by molar-refractivity contribution is 0.0950. The van der Waals surface area contributed by atoms with Crippen molar-refractivity contribution in [2.45, 2.75) is 23.3 Å². The first-order valence-electron chi connectivity index (χ1n) is 9.02. The van der Waals surface area contributed by atoms with Gasteiger partial charge in [0.15, 0.2) is 0 Å². The summed E-state index contributed by atoms with van der Waals surface area (Å²) in [6.07, 6.45) is 6.36. The van der Waals surface area contributed by atoms with Crippen LogP contribution in [0.25, 0.3) is 5.78 Å². The van der Waals surface area contributed by atoms with Gasteiger partial charge in [-0.2, -0.15) is 0 Å². The molecule has 0 atom stereocenters. The van der Waals surface area contributed by atoms with Crippen molar-refractivity contribution < 1.29 is 17.6 Å². The first kappa shape index (κ1) is 19.7. The third-order valence-corrected chi connectivity index (χ3v) is 6.55. The zero-order valence-corrected chi connectivity index (χ0v) is 16.7. The number of nitrogens with zero attached hydrogens (tertiary/aromatic N) is 3. The van der Waals surface area contributed by atoms with Crippen molar-refractivity contribution in [3.63, 3.8) is 0 Å². The summed E-state index contributed by atoms with van der Waals surface area (Å²) >= 11 is 0. The van der Waals surface area contributed by atoms with Gasteiger partial charge < -0.3 is 5.32 Å². The number of carbonyl (C=O) groups excluding carboxylic acids is 1. The molecule has 7 nitrogen and oxygen atoms in total. The van der Waals surface area contributed by atoms with Crippen LogP contribution in [0.4, 0.5) is 4.39 Å². The number of hydrogen-bond acceptors (Lipinski definition) is 5. The molecular formula is C21H17FN4O3S. The predicted molar refractivity (Wildman–Crippen MR) is 107 cm³/mol. The molecule has 9 heteroatoms. The van der Waals surface area contributed by atoms with Gasteiger partial charge in [-0.1, -0.05) is 12.1 Å². The quantitative estimate of drug-likeness (QED) is 0.497. The van der Waals surface area contributed by atoms with Crippen molar-refractivity contribution in [2.24, 2.45) is 0 Å². The molecule has 2 aromatic heterocycles. The van der Waals surface area contributed by atoms with Crippen LogP contribution in [0.5, 0.6) is 0 Å². The lowest BCUT2D eigenvalue weighted by Gasteiger charge is -2.09. The van der Waals surface area contributed by atoms with Crippen molar-refractivity contribution in [3.05, 3.63) is 89.8 Å². The summed E-state index contributed by atoms with van der Waals surface area (Å²) in [5, 5.41) is 2.77. The Bertz CT molecular complexity index is 1350.